The summed E-state index contributed by atoms with van der Waals surface area (Å²) in [7, 11) is 0. The Morgan fingerprint density at radius 2 is 2.33 bits per heavy atom. The van der Waals surface area contributed by atoms with Gasteiger partial charge in [0.15, 0.2) is 0 Å². The van der Waals surface area contributed by atoms with Crippen LogP contribution in [0.25, 0.3) is 0 Å². The molecule has 2 atom stereocenters. The van der Waals surface area contributed by atoms with E-state index in [0.29, 0.717) is 6.04 Å². The van der Waals surface area contributed by atoms with E-state index < -0.39 is 0 Å². The number of imidazole rings is 1. The molecule has 0 radical (unpaired) electrons. The van der Waals surface area contributed by atoms with E-state index in [2.05, 4.69) is 28.0 Å². The van der Waals surface area contributed by atoms with Crippen molar-refractivity contribution in [1.82, 2.24) is 14.9 Å². The van der Waals surface area contributed by atoms with Gasteiger partial charge in [-0.1, -0.05) is 13.3 Å². The maximum Gasteiger partial charge on any atom is 0.0951 e. The van der Waals surface area contributed by atoms with Gasteiger partial charge in [-0.25, -0.2) is 4.98 Å². The fraction of sp³-hybridized carbons (Fsp3) is 0.750. The Morgan fingerprint density at radius 3 is 3.07 bits per heavy atom. The molecule has 0 amide bonds. The van der Waals surface area contributed by atoms with Crippen LogP contribution in [0.4, 0.5) is 0 Å². The summed E-state index contributed by atoms with van der Waals surface area (Å²) in [6, 6.07) is 1.31. The molecule has 1 saturated carbocycles. The van der Waals surface area contributed by atoms with Crippen molar-refractivity contribution in [1.29, 1.82) is 0 Å². The van der Waals surface area contributed by atoms with Crippen molar-refractivity contribution < 1.29 is 0 Å². The van der Waals surface area contributed by atoms with Crippen LogP contribution in [0.3, 0.4) is 0 Å². The molecule has 2 heterocycles. The van der Waals surface area contributed by atoms with Crippen molar-refractivity contribution in [3.63, 3.8) is 0 Å². The molecule has 2 fully saturated rings. The highest BCUT2D eigenvalue weighted by molar-refractivity contribution is 5.12. The molecule has 0 spiro atoms. The molecule has 15 heavy (non-hydrogen) atoms. The maximum atomic E-state index is 4.32. The second kappa shape index (κ2) is 3.63. The van der Waals surface area contributed by atoms with Crippen molar-refractivity contribution in [2.45, 2.75) is 44.7 Å². The molecule has 0 aromatic carbocycles. The van der Waals surface area contributed by atoms with Crippen LogP contribution in [0.5, 0.6) is 0 Å². The molecular formula is C12H19N3. The highest BCUT2D eigenvalue weighted by Crippen LogP contribution is 2.39. The lowest BCUT2D eigenvalue weighted by Gasteiger charge is -2.19. The van der Waals surface area contributed by atoms with Gasteiger partial charge in [0.2, 0.25) is 0 Å². The third-order valence-electron chi connectivity index (χ3n) is 3.83. The highest BCUT2D eigenvalue weighted by atomic mass is 15.1. The second-order valence-corrected chi connectivity index (χ2v) is 4.85. The molecular weight excluding hydrogens is 186 g/mol. The van der Waals surface area contributed by atoms with Gasteiger partial charge < -0.3 is 9.88 Å². The zero-order valence-corrected chi connectivity index (χ0v) is 9.32. The van der Waals surface area contributed by atoms with Crippen molar-refractivity contribution in [2.75, 3.05) is 6.54 Å². The van der Waals surface area contributed by atoms with Gasteiger partial charge in [-0.15, -0.1) is 0 Å². The molecule has 3 rings (SSSR count). The number of nitrogens with zero attached hydrogens (tertiary/aromatic N) is 2. The van der Waals surface area contributed by atoms with E-state index in [1.54, 1.807) is 0 Å². The maximum absolute atomic E-state index is 4.32. The normalized spacial score (nSPS) is 31.0. The zero-order chi connectivity index (χ0) is 10.3. The van der Waals surface area contributed by atoms with Crippen molar-refractivity contribution in [3.8, 4) is 0 Å². The summed E-state index contributed by atoms with van der Waals surface area (Å²) in [5, 5.41) is 3.62. The predicted octanol–water partition coefficient (Wildman–Crippen LogP) is 2.28. The summed E-state index contributed by atoms with van der Waals surface area (Å²) in [5.74, 6) is 0.805. The average molecular weight is 205 g/mol. The largest absolute Gasteiger partial charge is 0.330 e. The molecule has 2 unspecified atom stereocenters. The van der Waals surface area contributed by atoms with Crippen LogP contribution in [0.2, 0.25) is 0 Å². The topological polar surface area (TPSA) is 29.9 Å². The summed E-state index contributed by atoms with van der Waals surface area (Å²) < 4.78 is 2.39. The van der Waals surface area contributed by atoms with Gasteiger partial charge in [0.25, 0.3) is 0 Å². The summed E-state index contributed by atoms with van der Waals surface area (Å²) in [6.45, 7) is 3.46. The first kappa shape index (κ1) is 9.40. The molecule has 1 aromatic rings. The van der Waals surface area contributed by atoms with Crippen molar-refractivity contribution in [3.05, 3.63) is 18.2 Å². The van der Waals surface area contributed by atoms with E-state index in [9.17, 15) is 0 Å². The minimum absolute atomic E-state index is 0.554. The van der Waals surface area contributed by atoms with Crippen LogP contribution >= 0.6 is 0 Å². The molecule has 1 aliphatic carbocycles. The molecule has 1 saturated heterocycles. The van der Waals surface area contributed by atoms with E-state index in [1.165, 1.54) is 37.9 Å². The Kier molecular flexibility index (Phi) is 2.28. The predicted molar refractivity (Wildman–Crippen MR) is 59.6 cm³/mol. The molecule has 3 heteroatoms. The number of nitrogens with one attached hydrogen (secondary N) is 1. The standard InChI is InChI=1S/C12H19N3/c1-2-9-5-6-14-12(9)11-7-13-8-15(11)10-3-4-10/h7-10,12,14H,2-6H2,1H3. The fourth-order valence-electron chi connectivity index (χ4n) is 2.76. The summed E-state index contributed by atoms with van der Waals surface area (Å²) >= 11 is 0. The third-order valence-corrected chi connectivity index (χ3v) is 3.83. The zero-order valence-electron chi connectivity index (χ0n) is 9.32. The molecule has 2 aliphatic rings. The molecule has 1 N–H and O–H groups in total. The quantitative estimate of drug-likeness (QED) is 0.820. The lowest BCUT2D eigenvalue weighted by atomic mass is 9.96. The minimum Gasteiger partial charge on any atom is -0.330 e. The number of rotatable bonds is 3. The first-order valence-electron chi connectivity index (χ1n) is 6.15. The van der Waals surface area contributed by atoms with Gasteiger partial charge in [0.1, 0.15) is 0 Å². The third kappa shape index (κ3) is 1.59. The van der Waals surface area contributed by atoms with Gasteiger partial charge in [-0.2, -0.15) is 0 Å². The number of hydrogen-bond acceptors (Lipinski definition) is 2. The van der Waals surface area contributed by atoms with E-state index in [-0.39, 0.29) is 0 Å². The van der Waals surface area contributed by atoms with Gasteiger partial charge >= 0.3 is 0 Å². The Balaban J connectivity index is 1.87. The highest BCUT2D eigenvalue weighted by Gasteiger charge is 2.33. The van der Waals surface area contributed by atoms with Crippen LogP contribution < -0.4 is 5.32 Å². The molecule has 0 bridgehead atoms. The van der Waals surface area contributed by atoms with Gasteiger partial charge in [0, 0.05) is 12.2 Å². The van der Waals surface area contributed by atoms with Gasteiger partial charge in [-0.3, -0.25) is 0 Å². The van der Waals surface area contributed by atoms with E-state index in [0.717, 1.165) is 12.0 Å². The van der Waals surface area contributed by atoms with Crippen LogP contribution in [-0.2, 0) is 0 Å². The van der Waals surface area contributed by atoms with E-state index in [4.69, 9.17) is 0 Å². The smallest absolute Gasteiger partial charge is 0.0951 e. The summed E-state index contributed by atoms with van der Waals surface area (Å²) in [6.07, 6.45) is 9.34. The monoisotopic (exact) mass is 205 g/mol. The Morgan fingerprint density at radius 1 is 1.47 bits per heavy atom. The lowest BCUT2D eigenvalue weighted by molar-refractivity contribution is 0.426. The van der Waals surface area contributed by atoms with Gasteiger partial charge in [0.05, 0.1) is 18.1 Å². The number of hydrogen-bond donors (Lipinski definition) is 1. The molecule has 3 nitrogen and oxygen atoms in total. The first-order valence-corrected chi connectivity index (χ1v) is 6.15. The first-order chi connectivity index (χ1) is 7.40. The van der Waals surface area contributed by atoms with Crippen LogP contribution in [-0.4, -0.2) is 16.1 Å². The molecule has 82 valence electrons. The fourth-order valence-corrected chi connectivity index (χ4v) is 2.76. The Labute approximate surface area is 90.9 Å². The van der Waals surface area contributed by atoms with Crippen LogP contribution in [0.1, 0.15) is 50.4 Å². The Hall–Kier alpha value is -0.830. The van der Waals surface area contributed by atoms with E-state index in [1.807, 2.05) is 6.33 Å². The minimum atomic E-state index is 0.554. The van der Waals surface area contributed by atoms with Crippen LogP contribution in [0.15, 0.2) is 12.5 Å². The molecule has 1 aliphatic heterocycles. The van der Waals surface area contributed by atoms with E-state index >= 15 is 0 Å². The molecule has 1 aromatic heterocycles. The average Bonchev–Trinajstić information content (AvgIpc) is 2.83. The van der Waals surface area contributed by atoms with Crippen molar-refractivity contribution in [2.24, 2.45) is 5.92 Å². The van der Waals surface area contributed by atoms with Crippen molar-refractivity contribution >= 4 is 0 Å². The lowest BCUT2D eigenvalue weighted by Crippen LogP contribution is -2.20. The van der Waals surface area contributed by atoms with Crippen LogP contribution in [0, 0.1) is 5.92 Å². The second-order valence-electron chi connectivity index (χ2n) is 4.85. The SMILES string of the molecule is CCC1CCNC1c1cncn1C1CC1. The number of aromatic nitrogens is 2. The summed E-state index contributed by atoms with van der Waals surface area (Å²) in [4.78, 5) is 4.32. The Bertz CT molecular complexity index is 340. The van der Waals surface area contributed by atoms with Gasteiger partial charge in [-0.05, 0) is 31.7 Å². The summed E-state index contributed by atoms with van der Waals surface area (Å²) in [5.41, 5.74) is 1.42.